The van der Waals surface area contributed by atoms with E-state index in [1.807, 2.05) is 54.9 Å². The van der Waals surface area contributed by atoms with Crippen LogP contribution in [-0.2, 0) is 13.6 Å². The molecule has 0 N–H and O–H groups in total. The Balaban J connectivity index is 1.99. The maximum absolute atomic E-state index is 12.1. The third kappa shape index (κ3) is 2.40. The summed E-state index contributed by atoms with van der Waals surface area (Å²) in [4.78, 5) is 18.5. The maximum Gasteiger partial charge on any atom is 0.269 e. The standard InChI is InChI=1S/C15H17N5O/c1-18(2)11-8-15(21)20(16-9-11)10-14-17-12-6-4-5-7-13(12)19(14)3/h4-9H,10H2,1-3H3. The lowest BCUT2D eigenvalue weighted by molar-refractivity contribution is 0.600. The number of aromatic nitrogens is 4. The van der Waals surface area contributed by atoms with Gasteiger partial charge in [-0.3, -0.25) is 4.79 Å². The molecule has 1 aromatic carbocycles. The van der Waals surface area contributed by atoms with Crippen molar-refractivity contribution >= 4 is 16.7 Å². The quantitative estimate of drug-likeness (QED) is 0.726. The van der Waals surface area contributed by atoms with Gasteiger partial charge in [0.05, 0.1) is 22.9 Å². The van der Waals surface area contributed by atoms with Gasteiger partial charge < -0.3 is 9.47 Å². The van der Waals surface area contributed by atoms with Crippen LogP contribution < -0.4 is 10.5 Å². The van der Waals surface area contributed by atoms with Gasteiger partial charge in [-0.05, 0) is 12.1 Å². The first-order valence-corrected chi connectivity index (χ1v) is 6.71. The van der Waals surface area contributed by atoms with E-state index in [1.54, 1.807) is 12.3 Å². The van der Waals surface area contributed by atoms with Crippen molar-refractivity contribution in [3.05, 3.63) is 52.7 Å². The summed E-state index contributed by atoms with van der Waals surface area (Å²) in [6, 6.07) is 9.48. The van der Waals surface area contributed by atoms with E-state index in [0.717, 1.165) is 22.5 Å². The molecule has 21 heavy (non-hydrogen) atoms. The summed E-state index contributed by atoms with van der Waals surface area (Å²) in [6.07, 6.45) is 1.68. The first-order chi connectivity index (χ1) is 10.1. The van der Waals surface area contributed by atoms with Gasteiger partial charge in [-0.1, -0.05) is 12.1 Å². The number of benzene rings is 1. The average molecular weight is 283 g/mol. The second-order valence-electron chi connectivity index (χ2n) is 5.18. The SMILES string of the molecule is CN(C)c1cnn(Cc2nc3ccccc3n2C)c(=O)c1. The highest BCUT2D eigenvalue weighted by atomic mass is 16.1. The minimum atomic E-state index is -0.131. The van der Waals surface area contributed by atoms with E-state index in [9.17, 15) is 4.79 Å². The van der Waals surface area contributed by atoms with E-state index in [1.165, 1.54) is 4.68 Å². The van der Waals surface area contributed by atoms with Crippen molar-refractivity contribution in [1.29, 1.82) is 0 Å². The van der Waals surface area contributed by atoms with Crippen LogP contribution in [0.2, 0.25) is 0 Å². The second-order valence-corrected chi connectivity index (χ2v) is 5.18. The lowest BCUT2D eigenvalue weighted by Gasteiger charge is -2.12. The maximum atomic E-state index is 12.1. The van der Waals surface area contributed by atoms with Crippen LogP contribution in [0.5, 0.6) is 0 Å². The summed E-state index contributed by atoms with van der Waals surface area (Å²) in [5.74, 6) is 0.809. The summed E-state index contributed by atoms with van der Waals surface area (Å²) in [5.41, 5.74) is 2.63. The van der Waals surface area contributed by atoms with Gasteiger partial charge in [-0.2, -0.15) is 5.10 Å². The van der Waals surface area contributed by atoms with Gasteiger partial charge in [0.25, 0.3) is 5.56 Å². The molecule has 2 aromatic heterocycles. The fourth-order valence-corrected chi connectivity index (χ4v) is 2.26. The lowest BCUT2D eigenvalue weighted by atomic mass is 10.3. The summed E-state index contributed by atoms with van der Waals surface area (Å²) in [7, 11) is 5.71. The van der Waals surface area contributed by atoms with Crippen molar-refractivity contribution in [1.82, 2.24) is 19.3 Å². The molecule has 0 spiro atoms. The van der Waals surface area contributed by atoms with Crippen LogP contribution in [0.1, 0.15) is 5.82 Å². The summed E-state index contributed by atoms with van der Waals surface area (Å²) in [6.45, 7) is 0.359. The molecule has 0 atom stereocenters. The molecule has 0 aliphatic carbocycles. The Morgan fingerprint density at radius 3 is 2.67 bits per heavy atom. The minimum absolute atomic E-state index is 0.131. The average Bonchev–Trinajstić information content (AvgIpc) is 2.78. The van der Waals surface area contributed by atoms with Gasteiger partial charge in [-0.15, -0.1) is 0 Å². The van der Waals surface area contributed by atoms with E-state index in [-0.39, 0.29) is 5.56 Å². The zero-order valence-electron chi connectivity index (χ0n) is 12.3. The number of para-hydroxylation sites is 2. The molecule has 0 saturated carbocycles. The number of fused-ring (bicyclic) bond motifs is 1. The molecule has 0 radical (unpaired) electrons. The smallest absolute Gasteiger partial charge is 0.269 e. The number of hydrogen-bond acceptors (Lipinski definition) is 4. The number of rotatable bonds is 3. The van der Waals surface area contributed by atoms with E-state index in [0.29, 0.717) is 6.54 Å². The van der Waals surface area contributed by atoms with Crippen LogP contribution in [0.4, 0.5) is 5.69 Å². The van der Waals surface area contributed by atoms with Crippen LogP contribution in [-0.4, -0.2) is 33.4 Å². The highest BCUT2D eigenvalue weighted by Gasteiger charge is 2.09. The monoisotopic (exact) mass is 283 g/mol. The lowest BCUT2D eigenvalue weighted by Crippen LogP contribution is -2.25. The third-order valence-electron chi connectivity index (χ3n) is 3.54. The largest absolute Gasteiger partial charge is 0.376 e. The fourth-order valence-electron chi connectivity index (χ4n) is 2.26. The van der Waals surface area contributed by atoms with Crippen molar-refractivity contribution in [2.45, 2.75) is 6.54 Å². The van der Waals surface area contributed by atoms with E-state index in [4.69, 9.17) is 0 Å². The van der Waals surface area contributed by atoms with Gasteiger partial charge in [0.1, 0.15) is 12.4 Å². The van der Waals surface area contributed by atoms with Gasteiger partial charge in [0.15, 0.2) is 0 Å². The van der Waals surface area contributed by atoms with Crippen molar-refractivity contribution in [2.75, 3.05) is 19.0 Å². The number of imidazole rings is 1. The normalized spacial score (nSPS) is 11.0. The van der Waals surface area contributed by atoms with Crippen LogP contribution in [0.3, 0.4) is 0 Å². The number of nitrogens with zero attached hydrogens (tertiary/aromatic N) is 5. The first-order valence-electron chi connectivity index (χ1n) is 6.71. The summed E-state index contributed by atoms with van der Waals surface area (Å²) < 4.78 is 3.41. The Hall–Kier alpha value is -2.63. The molecular weight excluding hydrogens is 266 g/mol. The zero-order valence-corrected chi connectivity index (χ0v) is 12.3. The molecule has 0 aliphatic heterocycles. The molecule has 3 aromatic rings. The van der Waals surface area contributed by atoms with Gasteiger partial charge in [-0.25, -0.2) is 9.67 Å². The highest BCUT2D eigenvalue weighted by molar-refractivity contribution is 5.75. The first kappa shape index (κ1) is 13.4. The number of anilines is 1. The number of hydrogen-bond donors (Lipinski definition) is 0. The Morgan fingerprint density at radius 2 is 2.00 bits per heavy atom. The minimum Gasteiger partial charge on any atom is -0.376 e. The molecule has 0 amide bonds. The molecule has 0 unspecified atom stereocenters. The fraction of sp³-hybridized carbons (Fsp3) is 0.267. The van der Waals surface area contributed by atoms with Crippen molar-refractivity contribution in [2.24, 2.45) is 7.05 Å². The van der Waals surface area contributed by atoms with Crippen molar-refractivity contribution in [3.8, 4) is 0 Å². The Kier molecular flexibility index (Phi) is 3.21. The highest BCUT2D eigenvalue weighted by Crippen LogP contribution is 2.14. The molecule has 108 valence electrons. The Labute approximate surface area is 122 Å². The molecule has 0 fully saturated rings. The molecule has 0 aliphatic rings. The van der Waals surface area contributed by atoms with E-state index in [2.05, 4.69) is 10.1 Å². The molecule has 0 saturated heterocycles. The molecule has 3 rings (SSSR count). The van der Waals surface area contributed by atoms with E-state index < -0.39 is 0 Å². The molecule has 6 heteroatoms. The predicted octanol–water partition coefficient (Wildman–Crippen LogP) is 1.24. The summed E-state index contributed by atoms with van der Waals surface area (Å²) >= 11 is 0. The van der Waals surface area contributed by atoms with Gasteiger partial charge in [0, 0.05) is 27.2 Å². The molecule has 6 nitrogen and oxygen atoms in total. The molecular formula is C15H17N5O. The van der Waals surface area contributed by atoms with Crippen LogP contribution in [0.15, 0.2) is 41.3 Å². The van der Waals surface area contributed by atoms with Crippen LogP contribution in [0.25, 0.3) is 11.0 Å². The van der Waals surface area contributed by atoms with Crippen LogP contribution >= 0.6 is 0 Å². The third-order valence-corrected chi connectivity index (χ3v) is 3.54. The van der Waals surface area contributed by atoms with Gasteiger partial charge in [0.2, 0.25) is 0 Å². The number of aryl methyl sites for hydroxylation is 1. The zero-order chi connectivity index (χ0) is 15.0. The van der Waals surface area contributed by atoms with Gasteiger partial charge >= 0.3 is 0 Å². The van der Waals surface area contributed by atoms with E-state index >= 15 is 0 Å². The topological polar surface area (TPSA) is 56.0 Å². The molecule has 0 bridgehead atoms. The second kappa shape index (κ2) is 5.05. The summed E-state index contributed by atoms with van der Waals surface area (Å²) in [5, 5.41) is 4.22. The van der Waals surface area contributed by atoms with Crippen LogP contribution in [0, 0.1) is 0 Å². The Bertz CT molecular complexity index is 847. The molecule has 2 heterocycles. The van der Waals surface area contributed by atoms with Crippen molar-refractivity contribution < 1.29 is 0 Å². The van der Waals surface area contributed by atoms with Crippen molar-refractivity contribution in [3.63, 3.8) is 0 Å². The predicted molar refractivity (Wildman–Crippen MR) is 82.6 cm³/mol. The Morgan fingerprint density at radius 1 is 1.24 bits per heavy atom.